The van der Waals surface area contributed by atoms with Gasteiger partial charge >= 0.3 is 0 Å². The average Bonchev–Trinajstić information content (AvgIpc) is 3.54. The van der Waals surface area contributed by atoms with E-state index < -0.39 is 5.41 Å². The van der Waals surface area contributed by atoms with Gasteiger partial charge in [-0.25, -0.2) is 0 Å². The number of likely N-dealkylation sites (tertiary alicyclic amines) is 3. The SMILES string of the molecule is Cl.O=C(c1ccccc1)N1CCCCC(CCCN2CCC(C(=O)N3CCCC3)(c3ccccc3)CC2)(c2ccc(Cl)c(Cl)c2)C1. The summed E-state index contributed by atoms with van der Waals surface area (Å²) < 4.78 is 0. The molecule has 3 saturated heterocycles. The van der Waals surface area contributed by atoms with Crippen molar-refractivity contribution < 1.29 is 9.59 Å². The van der Waals surface area contributed by atoms with Crippen LogP contribution in [0, 0.1) is 0 Å². The van der Waals surface area contributed by atoms with Crippen LogP contribution in [0.5, 0.6) is 0 Å². The number of piperidine rings is 1. The van der Waals surface area contributed by atoms with Crippen molar-refractivity contribution in [2.75, 3.05) is 45.8 Å². The molecule has 0 N–H and O–H groups in total. The van der Waals surface area contributed by atoms with Gasteiger partial charge in [0.05, 0.1) is 15.5 Å². The summed E-state index contributed by atoms with van der Waals surface area (Å²) in [5, 5.41) is 1.12. The highest BCUT2D eigenvalue weighted by molar-refractivity contribution is 6.42. The van der Waals surface area contributed by atoms with E-state index in [0.717, 1.165) is 103 Å². The molecule has 0 saturated carbocycles. The zero-order chi connectivity index (χ0) is 31.3. The minimum Gasteiger partial charge on any atom is -0.342 e. The maximum absolute atomic E-state index is 14.0. The maximum Gasteiger partial charge on any atom is 0.253 e. The Balaban J connectivity index is 0.00000417. The van der Waals surface area contributed by atoms with Gasteiger partial charge in [0, 0.05) is 37.2 Å². The van der Waals surface area contributed by atoms with Gasteiger partial charge in [-0.3, -0.25) is 9.59 Å². The van der Waals surface area contributed by atoms with E-state index in [0.29, 0.717) is 22.5 Å². The molecule has 0 bridgehead atoms. The minimum atomic E-state index is -0.428. The molecule has 5 nitrogen and oxygen atoms in total. The van der Waals surface area contributed by atoms with E-state index in [4.69, 9.17) is 23.2 Å². The second-order valence-corrected chi connectivity index (χ2v) is 14.2. The Labute approximate surface area is 290 Å². The summed E-state index contributed by atoms with van der Waals surface area (Å²) in [5.74, 6) is 0.420. The number of hydrogen-bond donors (Lipinski definition) is 0. The van der Waals surface area contributed by atoms with Crippen molar-refractivity contribution in [2.24, 2.45) is 0 Å². The second-order valence-electron chi connectivity index (χ2n) is 13.4. The zero-order valence-electron chi connectivity index (χ0n) is 26.6. The Morgan fingerprint density at radius 3 is 1.98 bits per heavy atom. The molecule has 46 heavy (non-hydrogen) atoms. The van der Waals surface area contributed by atoms with Gasteiger partial charge in [-0.05, 0) is 106 Å². The molecular weight excluding hydrogens is 637 g/mol. The van der Waals surface area contributed by atoms with Gasteiger partial charge in [0.2, 0.25) is 5.91 Å². The monoisotopic (exact) mass is 681 g/mol. The summed E-state index contributed by atoms with van der Waals surface area (Å²) in [7, 11) is 0. The molecule has 3 aliphatic heterocycles. The van der Waals surface area contributed by atoms with Crippen molar-refractivity contribution in [1.82, 2.24) is 14.7 Å². The summed E-state index contributed by atoms with van der Waals surface area (Å²) in [4.78, 5) is 34.4. The van der Waals surface area contributed by atoms with Crippen molar-refractivity contribution in [1.29, 1.82) is 0 Å². The Morgan fingerprint density at radius 1 is 0.674 bits per heavy atom. The summed E-state index contributed by atoms with van der Waals surface area (Å²) in [6.45, 7) is 5.99. The summed E-state index contributed by atoms with van der Waals surface area (Å²) in [6, 6.07) is 26.2. The van der Waals surface area contributed by atoms with E-state index >= 15 is 0 Å². The third-order valence-electron chi connectivity index (χ3n) is 10.6. The van der Waals surface area contributed by atoms with Crippen molar-refractivity contribution in [3.05, 3.63) is 106 Å². The molecule has 246 valence electrons. The zero-order valence-corrected chi connectivity index (χ0v) is 29.0. The molecule has 2 amide bonds. The molecule has 0 aliphatic carbocycles. The summed E-state index contributed by atoms with van der Waals surface area (Å²) in [5.41, 5.74) is 2.44. The highest BCUT2D eigenvalue weighted by Gasteiger charge is 2.45. The van der Waals surface area contributed by atoms with E-state index in [9.17, 15) is 9.59 Å². The van der Waals surface area contributed by atoms with Crippen LogP contribution in [0.3, 0.4) is 0 Å². The van der Waals surface area contributed by atoms with E-state index in [2.05, 4.69) is 45.0 Å². The van der Waals surface area contributed by atoms with Crippen LogP contribution in [0.25, 0.3) is 0 Å². The number of carbonyl (C=O) groups is 2. The molecule has 1 atom stereocenters. The molecule has 3 heterocycles. The van der Waals surface area contributed by atoms with Crippen LogP contribution in [0.2, 0.25) is 10.0 Å². The van der Waals surface area contributed by atoms with Gasteiger partial charge < -0.3 is 14.7 Å². The highest BCUT2D eigenvalue weighted by Crippen LogP contribution is 2.42. The molecule has 1 unspecified atom stereocenters. The average molecular weight is 683 g/mol. The lowest BCUT2D eigenvalue weighted by molar-refractivity contribution is -0.138. The van der Waals surface area contributed by atoms with Crippen LogP contribution in [0.15, 0.2) is 78.9 Å². The molecule has 8 heteroatoms. The first-order valence-electron chi connectivity index (χ1n) is 16.8. The largest absolute Gasteiger partial charge is 0.342 e. The third kappa shape index (κ3) is 7.44. The first-order chi connectivity index (χ1) is 21.9. The molecular formula is C38H46Cl3N3O2. The van der Waals surface area contributed by atoms with Crippen molar-refractivity contribution >= 4 is 47.4 Å². The van der Waals surface area contributed by atoms with Gasteiger partial charge in [-0.1, -0.05) is 84.2 Å². The summed E-state index contributed by atoms with van der Waals surface area (Å²) >= 11 is 12.9. The molecule has 0 radical (unpaired) electrons. The van der Waals surface area contributed by atoms with E-state index in [1.165, 1.54) is 11.1 Å². The lowest BCUT2D eigenvalue weighted by Gasteiger charge is -2.43. The van der Waals surface area contributed by atoms with Gasteiger partial charge in [0.25, 0.3) is 5.91 Å². The summed E-state index contributed by atoms with van der Waals surface area (Å²) in [6.07, 6.45) is 8.93. The van der Waals surface area contributed by atoms with Gasteiger partial charge in [0.15, 0.2) is 0 Å². The number of rotatable bonds is 8. The normalized spacial score (nSPS) is 21.8. The number of halogens is 3. The van der Waals surface area contributed by atoms with Crippen LogP contribution in [0.4, 0.5) is 0 Å². The Kier molecular flexibility index (Phi) is 11.8. The first-order valence-corrected chi connectivity index (χ1v) is 17.5. The van der Waals surface area contributed by atoms with Crippen LogP contribution < -0.4 is 0 Å². The number of carbonyl (C=O) groups excluding carboxylic acids is 2. The Hall–Kier alpha value is -2.57. The number of benzene rings is 3. The van der Waals surface area contributed by atoms with Crippen LogP contribution >= 0.6 is 35.6 Å². The lowest BCUT2D eigenvalue weighted by atomic mass is 9.71. The standard InChI is InChI=1S/C38H45Cl2N3O2.ClH/c39-33-17-16-32(28-34(33)40)37(18-7-8-25-43(29-37)35(44)30-12-3-1-4-13-30)19-11-22-41-26-20-38(21-27-41,31-14-5-2-6-15-31)36(45)42-23-9-10-24-42;/h1-6,12-17,28H,7-11,18-27,29H2;1H. The number of amides is 2. The quantitative estimate of drug-likeness (QED) is 0.240. The van der Waals surface area contributed by atoms with E-state index in [1.54, 1.807) is 0 Å². The molecule has 3 fully saturated rings. The molecule has 0 aromatic heterocycles. The fourth-order valence-corrected chi connectivity index (χ4v) is 8.34. The van der Waals surface area contributed by atoms with Crippen molar-refractivity contribution in [2.45, 2.75) is 68.6 Å². The van der Waals surface area contributed by atoms with Crippen LogP contribution in [0.1, 0.15) is 79.3 Å². The van der Waals surface area contributed by atoms with Crippen LogP contribution in [-0.2, 0) is 15.6 Å². The van der Waals surface area contributed by atoms with E-state index in [1.807, 2.05) is 48.5 Å². The first kappa shape index (κ1) is 34.8. The predicted octanol–water partition coefficient (Wildman–Crippen LogP) is 8.42. The topological polar surface area (TPSA) is 43.9 Å². The minimum absolute atomic E-state index is 0. The molecule has 0 spiro atoms. The van der Waals surface area contributed by atoms with E-state index in [-0.39, 0.29) is 23.7 Å². The van der Waals surface area contributed by atoms with Crippen molar-refractivity contribution in [3.63, 3.8) is 0 Å². The highest BCUT2D eigenvalue weighted by atomic mass is 35.5. The molecule has 3 aliphatic rings. The third-order valence-corrected chi connectivity index (χ3v) is 11.4. The number of nitrogens with zero attached hydrogens (tertiary/aromatic N) is 3. The van der Waals surface area contributed by atoms with Gasteiger partial charge in [-0.2, -0.15) is 0 Å². The smallest absolute Gasteiger partial charge is 0.253 e. The Morgan fingerprint density at radius 2 is 1.30 bits per heavy atom. The van der Waals surface area contributed by atoms with Gasteiger partial charge in [0.1, 0.15) is 0 Å². The molecule has 3 aromatic carbocycles. The molecule has 3 aromatic rings. The van der Waals surface area contributed by atoms with Crippen LogP contribution in [-0.4, -0.2) is 72.3 Å². The second kappa shape index (κ2) is 15.6. The van der Waals surface area contributed by atoms with Crippen molar-refractivity contribution in [3.8, 4) is 0 Å². The maximum atomic E-state index is 14.0. The Bertz CT molecular complexity index is 1460. The lowest BCUT2D eigenvalue weighted by Crippen LogP contribution is -2.52. The molecule has 6 rings (SSSR count). The predicted molar refractivity (Wildman–Crippen MR) is 190 cm³/mol. The fourth-order valence-electron chi connectivity index (χ4n) is 8.04. The fraction of sp³-hybridized carbons (Fsp3) is 0.474. The van der Waals surface area contributed by atoms with Gasteiger partial charge in [-0.15, -0.1) is 12.4 Å². The number of hydrogen-bond acceptors (Lipinski definition) is 3.